The van der Waals surface area contributed by atoms with Crippen LogP contribution in [0.1, 0.15) is 97.6 Å². The Balaban J connectivity index is 1.41. The van der Waals surface area contributed by atoms with Crippen molar-refractivity contribution in [3.8, 4) is 5.75 Å². The number of benzene rings is 2. The number of allylic oxidation sites excluding steroid dienone is 3. The van der Waals surface area contributed by atoms with Crippen molar-refractivity contribution in [1.29, 1.82) is 0 Å². The maximum absolute atomic E-state index is 14.9. The zero-order chi connectivity index (χ0) is 56.1. The number of aliphatic hydroxyl groups is 1. The van der Waals surface area contributed by atoms with Crippen LogP contribution in [0.5, 0.6) is 5.75 Å². The predicted molar refractivity (Wildman–Crippen MR) is 283 cm³/mol. The van der Waals surface area contributed by atoms with Crippen LogP contribution < -0.4 is 37.2 Å². The number of phenolic OH excluding ortho intramolecular Hbond substituents is 1. The first-order valence-electron chi connectivity index (χ1n) is 26.7. The van der Waals surface area contributed by atoms with E-state index < -0.39 is 126 Å². The number of nitrogens with zero attached hydrogens (tertiary/aromatic N) is 2. The Hall–Kier alpha value is -7.42. The molecule has 0 spiro atoms. The molecule has 77 heavy (non-hydrogen) atoms. The maximum Gasteiger partial charge on any atom is 0.246 e. The van der Waals surface area contributed by atoms with Gasteiger partial charge in [-0.2, -0.15) is 0 Å². The van der Waals surface area contributed by atoms with Crippen LogP contribution in [0.3, 0.4) is 0 Å². The number of rotatable bonds is 11. The number of carbonyl (C=O) groups is 10. The Bertz CT molecular complexity index is 2570. The first-order chi connectivity index (χ1) is 36.6. The van der Waals surface area contributed by atoms with Gasteiger partial charge in [0.05, 0.1) is 6.61 Å². The molecular formula is C56H75N9O12. The van der Waals surface area contributed by atoms with E-state index in [1.54, 1.807) is 76.2 Å². The molecule has 3 heterocycles. The lowest BCUT2D eigenvalue weighted by atomic mass is 9.97. The minimum Gasteiger partial charge on any atom is -0.508 e. The minimum absolute atomic E-state index is 0.0441. The van der Waals surface area contributed by atoms with Crippen LogP contribution in [0.15, 0.2) is 78.4 Å². The molecule has 9 N–H and O–H groups in total. The third kappa shape index (κ3) is 15.8. The van der Waals surface area contributed by atoms with Crippen molar-refractivity contribution in [2.24, 2.45) is 17.8 Å². The van der Waals surface area contributed by atoms with E-state index in [1.807, 2.05) is 13.8 Å². The maximum atomic E-state index is 14.9. The lowest BCUT2D eigenvalue weighted by Crippen LogP contribution is -2.61. The van der Waals surface area contributed by atoms with Crippen LogP contribution in [0.2, 0.25) is 0 Å². The van der Waals surface area contributed by atoms with Crippen molar-refractivity contribution in [3.63, 3.8) is 0 Å². The molecule has 0 bridgehead atoms. The summed E-state index contributed by atoms with van der Waals surface area (Å²) in [7, 11) is 0. The van der Waals surface area contributed by atoms with Gasteiger partial charge in [-0.3, -0.25) is 47.9 Å². The van der Waals surface area contributed by atoms with Crippen LogP contribution in [-0.2, 0) is 60.8 Å². The second kappa shape index (κ2) is 27.1. The van der Waals surface area contributed by atoms with Crippen LogP contribution >= 0.6 is 0 Å². The first-order valence-corrected chi connectivity index (χ1v) is 26.7. The summed E-state index contributed by atoms with van der Waals surface area (Å²) < 4.78 is 0. The van der Waals surface area contributed by atoms with Crippen molar-refractivity contribution in [2.45, 2.75) is 154 Å². The number of fused-ring (bicyclic) bond motifs is 2. The second-order valence-corrected chi connectivity index (χ2v) is 21.5. The fraction of sp³-hybridized carbons (Fsp3) is 0.536. The molecule has 6 rings (SSSR count). The number of hydrogen-bond donors (Lipinski definition) is 9. The van der Waals surface area contributed by atoms with Crippen molar-refractivity contribution >= 4 is 58.9 Å². The molecule has 0 saturated carbocycles. The average molecular weight is 1070 g/mol. The largest absolute Gasteiger partial charge is 0.508 e. The van der Waals surface area contributed by atoms with E-state index in [2.05, 4.69) is 37.2 Å². The minimum atomic E-state index is -1.58. The van der Waals surface area contributed by atoms with E-state index in [9.17, 15) is 58.2 Å². The highest BCUT2D eigenvalue weighted by Gasteiger charge is 2.43. The van der Waals surface area contributed by atoms with E-state index >= 15 is 0 Å². The van der Waals surface area contributed by atoms with Crippen molar-refractivity contribution < 1.29 is 58.2 Å². The van der Waals surface area contributed by atoms with Crippen molar-refractivity contribution in [3.05, 3.63) is 89.5 Å². The van der Waals surface area contributed by atoms with Gasteiger partial charge in [-0.25, -0.2) is 0 Å². The summed E-state index contributed by atoms with van der Waals surface area (Å²) >= 11 is 0. The van der Waals surface area contributed by atoms with Crippen LogP contribution in [0.25, 0.3) is 0 Å². The molecule has 0 radical (unpaired) electrons. The summed E-state index contributed by atoms with van der Waals surface area (Å²) in [6.45, 7) is 9.73. The molecule has 3 saturated heterocycles. The Morgan fingerprint density at radius 1 is 0.506 bits per heavy atom. The molecule has 21 heteroatoms. The van der Waals surface area contributed by atoms with Gasteiger partial charge >= 0.3 is 0 Å². The molecular weight excluding hydrogens is 991 g/mol. The van der Waals surface area contributed by atoms with Crippen LogP contribution in [0.4, 0.5) is 0 Å². The molecule has 9 amide bonds. The van der Waals surface area contributed by atoms with E-state index in [0.29, 0.717) is 29.5 Å². The summed E-state index contributed by atoms with van der Waals surface area (Å²) in [5.41, 5.74) is 1.72. The zero-order valence-electron chi connectivity index (χ0n) is 44.7. The molecule has 2 aromatic carbocycles. The molecule has 0 unspecified atom stereocenters. The topological polar surface area (TPSA) is 302 Å². The lowest BCUT2D eigenvalue weighted by Gasteiger charge is -2.32. The Morgan fingerprint density at radius 3 is 1.45 bits per heavy atom. The standard InChI is InChI=1S/C56H75N9O12/c1-31(2)26-41-55(76)64-24-11-15-45(64)52(73)61-43(30-66)50(71)63-47(33(5)6)54(75)60-42(29-36-18-22-38(68)23-19-36)56(77)65-25-10-14-44(65)51(72)58-39(28-35-16-20-37(67)21-17-35)48(69)57-40(27-34-12-8-7-9-13-34)49(70)62-46(32(3)4)53(74)59-41/h7-9,12-13,16-22,31-33,39-47,66-67H,10-11,14-15,23-30H2,1-6H3,(H,57,69)(H,58,72)(H,59,74)(H,60,75)(H,61,73)(H,62,70)(H,63,71)/t39-,40-,41-,42-,43-,44-,45-,46-,47-/m0/s1. The van der Waals surface area contributed by atoms with Gasteiger partial charge in [0.2, 0.25) is 53.2 Å². The molecule has 2 aromatic rings. The number of aromatic hydroxyl groups is 1. The van der Waals surface area contributed by atoms with Crippen LogP contribution in [-0.4, -0.2) is 153 Å². The summed E-state index contributed by atoms with van der Waals surface area (Å²) in [4.78, 5) is 145. The van der Waals surface area contributed by atoms with E-state index in [1.165, 1.54) is 34.1 Å². The highest BCUT2D eigenvalue weighted by molar-refractivity contribution is 6.00. The Morgan fingerprint density at radius 2 is 0.961 bits per heavy atom. The smallest absolute Gasteiger partial charge is 0.246 e. The first kappa shape index (κ1) is 58.8. The third-order valence-electron chi connectivity index (χ3n) is 14.3. The summed E-state index contributed by atoms with van der Waals surface area (Å²) in [6, 6.07) is 3.18. The van der Waals surface area contributed by atoms with Gasteiger partial charge in [0, 0.05) is 38.8 Å². The number of nitrogens with one attached hydrogen (secondary N) is 7. The fourth-order valence-corrected chi connectivity index (χ4v) is 10.1. The van der Waals surface area contributed by atoms with E-state index in [0.717, 1.165) is 0 Å². The number of hydrogen-bond acceptors (Lipinski definition) is 12. The fourth-order valence-electron chi connectivity index (χ4n) is 10.1. The SMILES string of the molecule is CC(C)C[C@@H]1NC(=O)[C@H](C(C)C)NC(=O)[C@H](Cc2ccccc2)NC(=O)[C@H](Cc2ccc(O)cc2)NC(=O)[C@@H]2CCCN2C(=O)[C@H](CC2=CCC(=O)C=C2)NC(=O)[C@H](C(C)C)NC(=O)[C@H](CO)NC(=O)[C@@H]2CCCN2C1=O. The molecule has 21 nitrogen and oxygen atoms in total. The number of carbonyl (C=O) groups excluding carboxylic acids is 10. The molecule has 4 aliphatic rings. The summed E-state index contributed by atoms with van der Waals surface area (Å²) in [6.07, 6.45) is 5.55. The van der Waals surface area contributed by atoms with Gasteiger partial charge in [-0.05, 0) is 84.8 Å². The molecule has 3 fully saturated rings. The molecule has 3 aliphatic heterocycles. The lowest BCUT2D eigenvalue weighted by molar-refractivity contribution is -0.143. The second-order valence-electron chi connectivity index (χ2n) is 21.5. The van der Waals surface area contributed by atoms with Gasteiger partial charge in [-0.15, -0.1) is 0 Å². The molecule has 0 aromatic heterocycles. The zero-order valence-corrected chi connectivity index (χ0v) is 44.7. The quantitative estimate of drug-likeness (QED) is 0.151. The summed E-state index contributed by atoms with van der Waals surface area (Å²) in [5.74, 6) is -8.19. The molecule has 416 valence electrons. The van der Waals surface area contributed by atoms with Crippen LogP contribution in [0, 0.1) is 17.8 Å². The van der Waals surface area contributed by atoms with Gasteiger partial charge in [0.15, 0.2) is 5.78 Å². The number of phenols is 1. The van der Waals surface area contributed by atoms with Gasteiger partial charge in [0.1, 0.15) is 60.1 Å². The number of ketones is 1. The van der Waals surface area contributed by atoms with Gasteiger partial charge < -0.3 is 57.2 Å². The monoisotopic (exact) mass is 1070 g/mol. The Labute approximate surface area is 449 Å². The highest BCUT2D eigenvalue weighted by atomic mass is 16.3. The summed E-state index contributed by atoms with van der Waals surface area (Å²) in [5, 5.41) is 39.8. The molecule has 9 atom stereocenters. The molecule has 1 aliphatic carbocycles. The van der Waals surface area contributed by atoms with E-state index in [-0.39, 0.29) is 75.5 Å². The predicted octanol–water partition coefficient (Wildman–Crippen LogP) is 0.763. The van der Waals surface area contributed by atoms with Gasteiger partial charge in [0.25, 0.3) is 0 Å². The normalized spacial score (nSPS) is 27.0. The van der Waals surface area contributed by atoms with E-state index in [4.69, 9.17) is 0 Å². The third-order valence-corrected chi connectivity index (χ3v) is 14.3. The Kier molecular flexibility index (Phi) is 20.7. The van der Waals surface area contributed by atoms with Crippen molar-refractivity contribution in [1.82, 2.24) is 47.0 Å². The van der Waals surface area contributed by atoms with Crippen molar-refractivity contribution in [2.75, 3.05) is 19.7 Å². The van der Waals surface area contributed by atoms with Gasteiger partial charge in [-0.1, -0.05) is 96.2 Å². The highest BCUT2D eigenvalue weighted by Crippen LogP contribution is 2.25. The number of aliphatic hydroxyl groups excluding tert-OH is 1. The number of amides is 9. The average Bonchev–Trinajstić information content (AvgIpc) is 4.10.